The Morgan fingerprint density at radius 1 is 0.857 bits per heavy atom. The van der Waals surface area contributed by atoms with Crippen molar-refractivity contribution < 1.29 is 4.57 Å². The molecule has 0 bridgehead atoms. The number of benzene rings is 2. The number of aromatic nitrogens is 1. The Labute approximate surface area is 139 Å². The van der Waals surface area contributed by atoms with Gasteiger partial charge in [-0.3, -0.25) is 0 Å². The van der Waals surface area contributed by atoms with Crippen LogP contribution in [0.1, 0.15) is 20.8 Å². The van der Waals surface area contributed by atoms with Crippen LogP contribution in [0.2, 0.25) is 0 Å². The zero-order chi connectivity index (χ0) is 15.0. The second-order valence-electron chi connectivity index (χ2n) is 6.29. The first kappa shape index (κ1) is 14.5. The summed E-state index contributed by atoms with van der Waals surface area (Å²) in [6.45, 7) is 6.76. The lowest BCUT2D eigenvalue weighted by molar-refractivity contribution is -0.743. The Hall–Kier alpha value is -1.42. The van der Waals surface area contributed by atoms with Crippen molar-refractivity contribution >= 4 is 33.4 Å². The van der Waals surface area contributed by atoms with Gasteiger partial charge in [-0.25, -0.2) is 0 Å². The van der Waals surface area contributed by atoms with Crippen molar-refractivity contribution in [3.05, 3.63) is 64.4 Å². The molecule has 1 heterocycles. The van der Waals surface area contributed by atoms with E-state index < -0.39 is 0 Å². The number of nitrogens with zero attached hydrogens (tertiary/aromatic N) is 1. The van der Waals surface area contributed by atoms with Gasteiger partial charge in [0, 0.05) is 37.1 Å². The molecule has 0 atom stereocenters. The average Bonchev–Trinajstić information content (AvgIpc) is 2.47. The number of fused-ring (bicyclic) bond motifs is 1. The summed E-state index contributed by atoms with van der Waals surface area (Å²) in [6.07, 6.45) is 2.28. The third-order valence-corrected chi connectivity index (χ3v) is 4.78. The monoisotopic (exact) mass is 388 g/mol. The lowest BCUT2D eigenvalue weighted by Crippen LogP contribution is -2.52. The molecule has 0 aliphatic rings. The molecule has 2 aromatic carbocycles. The quantitative estimate of drug-likeness (QED) is 0.401. The van der Waals surface area contributed by atoms with E-state index in [1.54, 1.807) is 0 Å². The molecule has 0 amide bonds. The molecule has 2 heteroatoms. The van der Waals surface area contributed by atoms with Crippen LogP contribution in [0, 0.1) is 3.57 Å². The van der Waals surface area contributed by atoms with E-state index in [2.05, 4.69) is 109 Å². The van der Waals surface area contributed by atoms with Gasteiger partial charge in [0.1, 0.15) is 0 Å². The van der Waals surface area contributed by atoms with Gasteiger partial charge in [0.05, 0.1) is 3.57 Å². The molecular formula is C19H19IN+. The van der Waals surface area contributed by atoms with Gasteiger partial charge in [-0.2, -0.15) is 4.57 Å². The fourth-order valence-corrected chi connectivity index (χ4v) is 3.70. The van der Waals surface area contributed by atoms with Crippen molar-refractivity contribution in [3.63, 3.8) is 0 Å². The third-order valence-electron chi connectivity index (χ3n) is 3.68. The number of halogens is 1. The molecule has 106 valence electrons. The molecule has 3 rings (SSSR count). The Bertz CT molecular complexity index is 786. The molecule has 21 heavy (non-hydrogen) atoms. The van der Waals surface area contributed by atoms with Gasteiger partial charge in [-0.15, -0.1) is 0 Å². The summed E-state index contributed by atoms with van der Waals surface area (Å²) < 4.78 is 3.71. The average molecular weight is 388 g/mol. The predicted octanol–water partition coefficient (Wildman–Crippen LogP) is 5.15. The highest BCUT2D eigenvalue weighted by Gasteiger charge is 2.29. The lowest BCUT2D eigenvalue weighted by Gasteiger charge is -2.19. The van der Waals surface area contributed by atoms with Crippen LogP contribution in [-0.2, 0) is 5.54 Å². The molecule has 1 nitrogen and oxygen atoms in total. The van der Waals surface area contributed by atoms with Crippen molar-refractivity contribution in [2.75, 3.05) is 0 Å². The summed E-state index contributed by atoms with van der Waals surface area (Å²) in [5.41, 5.74) is 2.60. The first-order chi connectivity index (χ1) is 9.98. The molecule has 0 fully saturated rings. The van der Waals surface area contributed by atoms with E-state index in [4.69, 9.17) is 0 Å². The number of hydrogen-bond acceptors (Lipinski definition) is 0. The largest absolute Gasteiger partial charge is 0.227 e. The summed E-state index contributed by atoms with van der Waals surface area (Å²) in [7, 11) is 0. The van der Waals surface area contributed by atoms with E-state index in [0.717, 1.165) is 0 Å². The molecule has 0 saturated carbocycles. The maximum Gasteiger partial charge on any atom is 0.227 e. The van der Waals surface area contributed by atoms with Crippen LogP contribution in [0.4, 0.5) is 0 Å². The summed E-state index contributed by atoms with van der Waals surface area (Å²) in [5.74, 6) is 0. The van der Waals surface area contributed by atoms with Gasteiger partial charge in [-0.05, 0) is 40.8 Å². The van der Waals surface area contributed by atoms with Crippen LogP contribution in [0.15, 0.2) is 60.8 Å². The van der Waals surface area contributed by atoms with Gasteiger partial charge in [-0.1, -0.05) is 36.4 Å². The number of rotatable bonds is 1. The molecular weight excluding hydrogens is 369 g/mol. The summed E-state index contributed by atoms with van der Waals surface area (Å²) in [6, 6.07) is 19.3. The van der Waals surface area contributed by atoms with E-state index in [0.29, 0.717) is 0 Å². The Morgan fingerprint density at radius 2 is 1.48 bits per heavy atom. The zero-order valence-electron chi connectivity index (χ0n) is 12.6. The first-order valence-electron chi connectivity index (χ1n) is 7.17. The second-order valence-corrected chi connectivity index (χ2v) is 7.36. The van der Waals surface area contributed by atoms with E-state index in [1.807, 2.05) is 0 Å². The highest BCUT2D eigenvalue weighted by molar-refractivity contribution is 14.1. The van der Waals surface area contributed by atoms with Crippen LogP contribution in [-0.4, -0.2) is 0 Å². The Kier molecular flexibility index (Phi) is 3.74. The standard InChI is InChI=1S/C19H19IN/c1-19(2,3)21-13-15-11-7-8-12-16(15)17(20)18(21)14-9-5-4-6-10-14/h4-13H,1-3H3/q+1. The highest BCUT2D eigenvalue weighted by atomic mass is 127. The minimum atomic E-state index is 0.0368. The highest BCUT2D eigenvalue weighted by Crippen LogP contribution is 2.30. The molecule has 0 radical (unpaired) electrons. The van der Waals surface area contributed by atoms with E-state index >= 15 is 0 Å². The Balaban J connectivity index is 2.43. The molecule has 0 saturated heterocycles. The van der Waals surface area contributed by atoms with Crippen LogP contribution < -0.4 is 4.57 Å². The van der Waals surface area contributed by atoms with Crippen LogP contribution in [0.25, 0.3) is 22.0 Å². The van der Waals surface area contributed by atoms with Gasteiger partial charge >= 0.3 is 0 Å². The van der Waals surface area contributed by atoms with E-state index in [1.165, 1.54) is 25.6 Å². The molecule has 0 unspecified atom stereocenters. The van der Waals surface area contributed by atoms with E-state index in [9.17, 15) is 0 Å². The minimum Gasteiger partial charge on any atom is -0.192 e. The van der Waals surface area contributed by atoms with Crippen molar-refractivity contribution in [1.82, 2.24) is 0 Å². The van der Waals surface area contributed by atoms with Crippen LogP contribution in [0.3, 0.4) is 0 Å². The van der Waals surface area contributed by atoms with Crippen molar-refractivity contribution in [1.29, 1.82) is 0 Å². The van der Waals surface area contributed by atoms with Crippen molar-refractivity contribution in [2.24, 2.45) is 0 Å². The SMILES string of the molecule is CC(C)(C)[n+]1cc2ccccc2c(I)c1-c1ccccc1. The van der Waals surface area contributed by atoms with Gasteiger partial charge in [0.25, 0.3) is 0 Å². The first-order valence-corrected chi connectivity index (χ1v) is 8.25. The third kappa shape index (κ3) is 2.69. The van der Waals surface area contributed by atoms with Gasteiger partial charge in [0.2, 0.25) is 5.69 Å². The Morgan fingerprint density at radius 3 is 2.14 bits per heavy atom. The predicted molar refractivity (Wildman–Crippen MR) is 97.3 cm³/mol. The lowest BCUT2D eigenvalue weighted by atomic mass is 10.0. The van der Waals surface area contributed by atoms with E-state index in [-0.39, 0.29) is 5.54 Å². The molecule has 0 aliphatic carbocycles. The van der Waals surface area contributed by atoms with Crippen LogP contribution >= 0.6 is 22.6 Å². The second kappa shape index (κ2) is 5.41. The summed E-state index contributed by atoms with van der Waals surface area (Å²) in [4.78, 5) is 0. The molecule has 3 aromatic rings. The molecule has 1 aromatic heterocycles. The van der Waals surface area contributed by atoms with Crippen LogP contribution in [0.5, 0.6) is 0 Å². The number of pyridine rings is 1. The maximum atomic E-state index is 2.49. The zero-order valence-corrected chi connectivity index (χ0v) is 14.8. The minimum absolute atomic E-state index is 0.0368. The van der Waals surface area contributed by atoms with Crippen molar-refractivity contribution in [3.8, 4) is 11.3 Å². The topological polar surface area (TPSA) is 3.88 Å². The summed E-state index contributed by atoms with van der Waals surface area (Å²) in [5, 5.41) is 2.61. The fourth-order valence-electron chi connectivity index (χ4n) is 2.64. The van der Waals surface area contributed by atoms with Crippen molar-refractivity contribution in [2.45, 2.75) is 26.3 Å². The van der Waals surface area contributed by atoms with Gasteiger partial charge in [0.15, 0.2) is 11.7 Å². The molecule has 0 aliphatic heterocycles. The summed E-state index contributed by atoms with van der Waals surface area (Å²) >= 11 is 2.49. The molecule has 0 spiro atoms. The fraction of sp³-hybridized carbons (Fsp3) is 0.211. The smallest absolute Gasteiger partial charge is 0.192 e. The maximum absolute atomic E-state index is 2.49. The molecule has 0 N–H and O–H groups in total. The van der Waals surface area contributed by atoms with Gasteiger partial charge < -0.3 is 0 Å². The normalized spacial score (nSPS) is 11.8. The number of hydrogen-bond donors (Lipinski definition) is 0.